The normalized spacial score (nSPS) is 21.3. The number of hydrogen-bond acceptors (Lipinski definition) is 1. The second kappa shape index (κ2) is 5.80. The number of halogens is 2. The van der Waals surface area contributed by atoms with Gasteiger partial charge in [-0.3, -0.25) is 0 Å². The minimum absolute atomic E-state index is 0.134. The van der Waals surface area contributed by atoms with Gasteiger partial charge in [0.1, 0.15) is 5.82 Å². The van der Waals surface area contributed by atoms with Gasteiger partial charge in [-0.2, -0.15) is 0 Å². The van der Waals surface area contributed by atoms with E-state index in [1.807, 2.05) is 0 Å². The second-order valence-electron chi connectivity index (χ2n) is 6.49. The van der Waals surface area contributed by atoms with Crippen molar-refractivity contribution in [3.05, 3.63) is 34.6 Å². The highest BCUT2D eigenvalue weighted by molar-refractivity contribution is 6.30. The fraction of sp³-hybridized carbons (Fsp3) is 0.625. The van der Waals surface area contributed by atoms with E-state index in [1.165, 1.54) is 6.07 Å². The van der Waals surface area contributed by atoms with Crippen molar-refractivity contribution in [1.82, 2.24) is 0 Å². The summed E-state index contributed by atoms with van der Waals surface area (Å²) in [4.78, 5) is 0. The Labute approximate surface area is 119 Å². The van der Waals surface area contributed by atoms with E-state index in [0.717, 1.165) is 25.7 Å². The van der Waals surface area contributed by atoms with E-state index in [0.29, 0.717) is 17.4 Å². The average Bonchev–Trinajstić information content (AvgIpc) is 2.35. The average molecular weight is 285 g/mol. The van der Waals surface area contributed by atoms with E-state index >= 15 is 0 Å². The molecule has 1 saturated carbocycles. The molecule has 19 heavy (non-hydrogen) atoms. The molecular formula is C16H22ClFO. The number of rotatable bonds is 3. The van der Waals surface area contributed by atoms with Gasteiger partial charge >= 0.3 is 0 Å². The SMILES string of the molecule is CC1(C)CCC(C(O)Cc2cccc(Cl)c2F)CC1. The van der Waals surface area contributed by atoms with Crippen molar-refractivity contribution in [3.63, 3.8) is 0 Å². The van der Waals surface area contributed by atoms with Crippen molar-refractivity contribution in [1.29, 1.82) is 0 Å². The van der Waals surface area contributed by atoms with Gasteiger partial charge in [0.25, 0.3) is 0 Å². The summed E-state index contributed by atoms with van der Waals surface area (Å²) in [6, 6.07) is 4.98. The topological polar surface area (TPSA) is 20.2 Å². The fourth-order valence-corrected chi connectivity index (χ4v) is 3.10. The molecule has 1 aromatic rings. The zero-order valence-corrected chi connectivity index (χ0v) is 12.4. The van der Waals surface area contributed by atoms with Gasteiger partial charge < -0.3 is 5.11 Å². The van der Waals surface area contributed by atoms with E-state index in [2.05, 4.69) is 13.8 Å². The highest BCUT2D eigenvalue weighted by Gasteiger charge is 2.30. The van der Waals surface area contributed by atoms with Crippen LogP contribution in [0.5, 0.6) is 0 Å². The quantitative estimate of drug-likeness (QED) is 0.860. The number of aliphatic hydroxyl groups excluding tert-OH is 1. The maximum Gasteiger partial charge on any atom is 0.145 e. The standard InChI is InChI=1S/C16H22ClFO/c1-16(2)8-6-11(7-9-16)14(19)10-12-4-3-5-13(17)15(12)18/h3-5,11,14,19H,6-10H2,1-2H3. The monoisotopic (exact) mass is 284 g/mol. The van der Waals surface area contributed by atoms with Gasteiger partial charge in [-0.1, -0.05) is 37.6 Å². The molecule has 0 bridgehead atoms. The fourth-order valence-electron chi connectivity index (χ4n) is 2.90. The number of benzene rings is 1. The first kappa shape index (κ1) is 14.8. The third kappa shape index (κ3) is 3.70. The third-order valence-electron chi connectivity index (χ3n) is 4.39. The molecular weight excluding hydrogens is 263 g/mol. The van der Waals surface area contributed by atoms with E-state index < -0.39 is 6.10 Å². The van der Waals surface area contributed by atoms with Crippen LogP contribution in [0.2, 0.25) is 5.02 Å². The minimum Gasteiger partial charge on any atom is -0.392 e. The Balaban J connectivity index is 1.98. The molecule has 0 aromatic heterocycles. The molecule has 1 unspecified atom stereocenters. The molecule has 0 saturated heterocycles. The maximum absolute atomic E-state index is 13.8. The lowest BCUT2D eigenvalue weighted by Gasteiger charge is -2.36. The van der Waals surface area contributed by atoms with Crippen LogP contribution in [0.3, 0.4) is 0 Å². The van der Waals surface area contributed by atoms with E-state index in [1.54, 1.807) is 12.1 Å². The summed E-state index contributed by atoms with van der Waals surface area (Å²) in [6.07, 6.45) is 4.20. The lowest BCUT2D eigenvalue weighted by Crippen LogP contribution is -2.30. The molecule has 0 aliphatic heterocycles. The summed E-state index contributed by atoms with van der Waals surface area (Å²) in [6.45, 7) is 4.54. The predicted octanol–water partition coefficient (Wildman–Crippen LogP) is 4.60. The van der Waals surface area contributed by atoms with Crippen LogP contribution in [-0.4, -0.2) is 11.2 Å². The van der Waals surface area contributed by atoms with Gasteiger partial charge in [-0.05, 0) is 48.6 Å². The Morgan fingerprint density at radius 2 is 2.00 bits per heavy atom. The molecule has 0 spiro atoms. The molecule has 0 amide bonds. The van der Waals surface area contributed by atoms with E-state index in [4.69, 9.17) is 11.6 Å². The molecule has 0 radical (unpaired) electrons. The zero-order valence-electron chi connectivity index (χ0n) is 11.6. The third-order valence-corrected chi connectivity index (χ3v) is 4.68. The summed E-state index contributed by atoms with van der Waals surface area (Å²) in [5.41, 5.74) is 0.905. The van der Waals surface area contributed by atoms with Crippen LogP contribution >= 0.6 is 11.6 Å². The first-order valence-electron chi connectivity index (χ1n) is 7.00. The first-order valence-corrected chi connectivity index (χ1v) is 7.38. The van der Waals surface area contributed by atoms with Gasteiger partial charge in [0.15, 0.2) is 0 Å². The predicted molar refractivity (Wildman–Crippen MR) is 76.9 cm³/mol. The lowest BCUT2D eigenvalue weighted by molar-refractivity contribution is 0.0571. The minimum atomic E-state index is -0.468. The van der Waals surface area contributed by atoms with E-state index in [-0.39, 0.29) is 16.8 Å². The molecule has 1 aromatic carbocycles. The highest BCUT2D eigenvalue weighted by atomic mass is 35.5. The Hall–Kier alpha value is -0.600. The molecule has 3 heteroatoms. The van der Waals surface area contributed by atoms with Crippen molar-refractivity contribution >= 4 is 11.6 Å². The van der Waals surface area contributed by atoms with Crippen LogP contribution in [-0.2, 0) is 6.42 Å². The van der Waals surface area contributed by atoms with Crippen LogP contribution < -0.4 is 0 Å². The lowest BCUT2D eigenvalue weighted by atomic mass is 9.71. The number of aliphatic hydroxyl groups is 1. The highest BCUT2D eigenvalue weighted by Crippen LogP contribution is 2.39. The Kier molecular flexibility index (Phi) is 4.52. The maximum atomic E-state index is 13.8. The Bertz CT molecular complexity index is 434. The molecule has 0 heterocycles. The summed E-state index contributed by atoms with van der Waals surface area (Å²) in [5, 5.41) is 10.4. The summed E-state index contributed by atoms with van der Waals surface area (Å²) in [7, 11) is 0. The largest absolute Gasteiger partial charge is 0.392 e. The summed E-state index contributed by atoms with van der Waals surface area (Å²) < 4.78 is 13.8. The van der Waals surface area contributed by atoms with Crippen LogP contribution in [0, 0.1) is 17.2 Å². The van der Waals surface area contributed by atoms with Gasteiger partial charge in [0.2, 0.25) is 0 Å². The number of hydrogen-bond donors (Lipinski definition) is 1. The van der Waals surface area contributed by atoms with Gasteiger partial charge in [0.05, 0.1) is 11.1 Å². The van der Waals surface area contributed by atoms with Crippen LogP contribution in [0.1, 0.15) is 45.1 Å². The van der Waals surface area contributed by atoms with Crippen molar-refractivity contribution in [3.8, 4) is 0 Å². The van der Waals surface area contributed by atoms with Crippen LogP contribution in [0.15, 0.2) is 18.2 Å². The van der Waals surface area contributed by atoms with Crippen molar-refractivity contribution in [2.75, 3.05) is 0 Å². The smallest absolute Gasteiger partial charge is 0.145 e. The molecule has 1 aliphatic rings. The second-order valence-corrected chi connectivity index (χ2v) is 6.89. The molecule has 106 valence electrons. The molecule has 1 nitrogen and oxygen atoms in total. The molecule has 1 fully saturated rings. The molecule has 2 rings (SSSR count). The zero-order chi connectivity index (χ0) is 14.0. The van der Waals surface area contributed by atoms with Crippen molar-refractivity contribution < 1.29 is 9.50 Å². The van der Waals surface area contributed by atoms with Crippen molar-refractivity contribution in [2.45, 2.75) is 52.1 Å². The molecule has 1 aliphatic carbocycles. The summed E-state index contributed by atoms with van der Waals surface area (Å²) in [5.74, 6) is -0.106. The van der Waals surface area contributed by atoms with Gasteiger partial charge in [0, 0.05) is 6.42 Å². The van der Waals surface area contributed by atoms with Gasteiger partial charge in [-0.15, -0.1) is 0 Å². The Morgan fingerprint density at radius 1 is 1.37 bits per heavy atom. The van der Waals surface area contributed by atoms with Gasteiger partial charge in [-0.25, -0.2) is 4.39 Å². The van der Waals surface area contributed by atoms with Crippen molar-refractivity contribution in [2.24, 2.45) is 11.3 Å². The van der Waals surface area contributed by atoms with E-state index in [9.17, 15) is 9.50 Å². The first-order chi connectivity index (χ1) is 8.89. The van der Waals surface area contributed by atoms with Crippen LogP contribution in [0.25, 0.3) is 0 Å². The summed E-state index contributed by atoms with van der Waals surface area (Å²) >= 11 is 5.76. The Morgan fingerprint density at radius 3 is 2.63 bits per heavy atom. The molecule has 1 atom stereocenters. The van der Waals surface area contributed by atoms with Crippen LogP contribution in [0.4, 0.5) is 4.39 Å². The molecule has 1 N–H and O–H groups in total.